The van der Waals surface area contributed by atoms with Crippen LogP contribution < -0.4 is 20.7 Å². The second-order valence-corrected chi connectivity index (χ2v) is 18.7. The fourth-order valence-electron chi connectivity index (χ4n) is 10.4. The van der Waals surface area contributed by atoms with Crippen molar-refractivity contribution < 1.29 is 0 Å². The molecule has 2 aliphatic heterocycles. The predicted octanol–water partition coefficient (Wildman–Crippen LogP) is 11.5. The van der Waals surface area contributed by atoms with Gasteiger partial charge in [-0.1, -0.05) is 206 Å². The minimum Gasteiger partial charge on any atom is -0.0623 e. The molecule has 0 saturated carbocycles. The van der Waals surface area contributed by atoms with E-state index in [1.807, 2.05) is 0 Å². The maximum Gasteiger partial charge on any atom is 0.182 e. The molecule has 254 valence electrons. The Kier molecular flexibility index (Phi) is 6.46. The molecule has 55 heavy (non-hydrogen) atoms. The van der Waals surface area contributed by atoms with Gasteiger partial charge < -0.3 is 0 Å². The Balaban J connectivity index is 1.15. The van der Waals surface area contributed by atoms with E-state index in [1.165, 1.54) is 109 Å². The van der Waals surface area contributed by atoms with Crippen molar-refractivity contribution in [3.63, 3.8) is 0 Å². The second kappa shape index (κ2) is 11.6. The number of hydrogen-bond donors (Lipinski definition) is 0. The van der Waals surface area contributed by atoms with E-state index in [2.05, 4.69) is 206 Å². The Morgan fingerprint density at radius 3 is 1.18 bits per heavy atom. The Morgan fingerprint density at radius 1 is 0.218 bits per heavy atom. The zero-order valence-electron chi connectivity index (χ0n) is 30.1. The van der Waals surface area contributed by atoms with Crippen LogP contribution in [0.2, 0.25) is 0 Å². The molecule has 0 aliphatic carbocycles. The van der Waals surface area contributed by atoms with Gasteiger partial charge in [0.05, 0.1) is 0 Å². The van der Waals surface area contributed by atoms with Crippen LogP contribution in [0.4, 0.5) is 0 Å². The van der Waals surface area contributed by atoms with Crippen LogP contribution in [0, 0.1) is 0 Å². The predicted molar refractivity (Wildman–Crippen MR) is 237 cm³/mol. The third kappa shape index (κ3) is 4.11. The highest BCUT2D eigenvalue weighted by Crippen LogP contribution is 2.47. The van der Waals surface area contributed by atoms with E-state index in [9.17, 15) is 0 Å². The fraction of sp³-hybridized carbons (Fsp3) is 0. The summed E-state index contributed by atoms with van der Waals surface area (Å²) >= 11 is 0. The molecule has 10 aromatic rings. The zero-order valence-corrected chi connectivity index (χ0v) is 31.1. The van der Waals surface area contributed by atoms with Gasteiger partial charge in [0.2, 0.25) is 0 Å². The van der Waals surface area contributed by atoms with E-state index in [0.29, 0.717) is 0 Å². The summed E-state index contributed by atoms with van der Waals surface area (Å²) in [6.45, 7) is 0. The fourth-order valence-corrected chi connectivity index (χ4v) is 16.0. The van der Waals surface area contributed by atoms with Crippen molar-refractivity contribution in [3.8, 4) is 55.6 Å². The van der Waals surface area contributed by atoms with E-state index in [4.69, 9.17) is 0 Å². The third-order valence-corrected chi connectivity index (χ3v) is 17.4. The lowest BCUT2D eigenvalue weighted by Gasteiger charge is -2.28. The number of rotatable bonds is 3. The van der Waals surface area contributed by atoms with Crippen molar-refractivity contribution in [2.75, 3.05) is 0 Å². The van der Waals surface area contributed by atoms with Crippen molar-refractivity contribution in [1.82, 2.24) is 0 Å². The molecule has 1 heteroatoms. The molecule has 0 aromatic heterocycles. The van der Waals surface area contributed by atoms with Gasteiger partial charge in [0.25, 0.3) is 0 Å². The SMILES string of the molecule is c1ccc(-c2cccc3c(-c4c5ccccc5c(-c5ccc6c(c5)[Si]5(c7ccccc7-c7ccccc75)c5ccccc5-6)c5ccccc45)cccc23)cc1. The third-order valence-electron chi connectivity index (χ3n) is 12.5. The van der Waals surface area contributed by atoms with Crippen molar-refractivity contribution in [2.45, 2.75) is 0 Å². The molecule has 0 unspecified atom stereocenters. The summed E-state index contributed by atoms with van der Waals surface area (Å²) in [6, 6.07) is 77.7. The lowest BCUT2D eigenvalue weighted by Crippen LogP contribution is -2.70. The average molecular weight is 711 g/mol. The Hall–Kier alpha value is -6.80. The molecular weight excluding hydrogens is 677 g/mol. The summed E-state index contributed by atoms with van der Waals surface area (Å²) in [5, 5.41) is 13.7. The lowest BCUT2D eigenvalue weighted by atomic mass is 9.84. The molecule has 10 aromatic carbocycles. The smallest absolute Gasteiger partial charge is 0.0623 e. The molecule has 0 bridgehead atoms. The molecule has 0 atom stereocenters. The molecule has 0 N–H and O–H groups in total. The highest BCUT2D eigenvalue weighted by atomic mass is 28.3. The van der Waals surface area contributed by atoms with Gasteiger partial charge in [-0.3, -0.25) is 0 Å². The minimum absolute atomic E-state index is 1.24. The van der Waals surface area contributed by atoms with Crippen LogP contribution in [0.3, 0.4) is 0 Å². The van der Waals surface area contributed by atoms with Crippen molar-refractivity contribution in [1.29, 1.82) is 0 Å². The van der Waals surface area contributed by atoms with Gasteiger partial charge in [0, 0.05) is 0 Å². The molecule has 0 nitrogen and oxygen atoms in total. The molecule has 0 amide bonds. The second-order valence-electron chi connectivity index (χ2n) is 15.1. The molecule has 0 saturated heterocycles. The maximum atomic E-state index is 2.60. The minimum atomic E-state index is -2.58. The van der Waals surface area contributed by atoms with Gasteiger partial charge in [0.15, 0.2) is 8.07 Å². The van der Waals surface area contributed by atoms with E-state index in [-0.39, 0.29) is 0 Å². The first kappa shape index (κ1) is 30.6. The summed E-state index contributed by atoms with van der Waals surface area (Å²) in [5.74, 6) is 0. The summed E-state index contributed by atoms with van der Waals surface area (Å²) in [5.41, 5.74) is 13.2. The van der Waals surface area contributed by atoms with Crippen LogP contribution in [-0.2, 0) is 0 Å². The Labute approximate surface area is 321 Å². The highest BCUT2D eigenvalue weighted by molar-refractivity contribution is 7.24. The standard InChI is InChI=1S/C54H34Si/c1-2-16-35(17-3-1)37-25-14-27-39-38(37)26-15-28-44(39)54-47-23-6-4-21-45(47)53(46-22-5-7-24-48(46)54)36-32-33-43-42-20-10-13-31-51(42)55(52(43)34-36)49-29-11-8-18-40(49)41-19-9-12-30-50(41)55/h1-34H. The highest BCUT2D eigenvalue weighted by Gasteiger charge is 2.53. The lowest BCUT2D eigenvalue weighted by molar-refractivity contribution is 1.64. The summed E-state index contributed by atoms with van der Waals surface area (Å²) in [7, 11) is -2.58. The van der Waals surface area contributed by atoms with E-state index >= 15 is 0 Å². The van der Waals surface area contributed by atoms with Gasteiger partial charge in [-0.2, -0.15) is 0 Å². The van der Waals surface area contributed by atoms with Crippen molar-refractivity contribution in [3.05, 3.63) is 206 Å². The molecule has 0 radical (unpaired) electrons. The van der Waals surface area contributed by atoms with Gasteiger partial charge in [-0.15, -0.1) is 0 Å². The Morgan fingerprint density at radius 2 is 0.618 bits per heavy atom. The maximum absolute atomic E-state index is 2.60. The number of fused-ring (bicyclic) bond motifs is 13. The van der Waals surface area contributed by atoms with Crippen LogP contribution >= 0.6 is 0 Å². The largest absolute Gasteiger partial charge is 0.182 e. The summed E-state index contributed by atoms with van der Waals surface area (Å²) in [6.07, 6.45) is 0. The number of benzene rings is 10. The zero-order chi connectivity index (χ0) is 36.1. The first-order valence-corrected chi connectivity index (χ1v) is 21.3. The first-order chi connectivity index (χ1) is 27.3. The number of hydrogen-bond acceptors (Lipinski definition) is 0. The normalized spacial score (nSPS) is 13.2. The Bertz CT molecular complexity index is 3090. The monoisotopic (exact) mass is 710 g/mol. The summed E-state index contributed by atoms with van der Waals surface area (Å²) in [4.78, 5) is 0. The van der Waals surface area contributed by atoms with Crippen LogP contribution in [0.5, 0.6) is 0 Å². The molecule has 2 aliphatic rings. The topological polar surface area (TPSA) is 0 Å². The molecule has 2 heterocycles. The van der Waals surface area contributed by atoms with Crippen LogP contribution in [0.25, 0.3) is 88.0 Å². The molecule has 1 spiro atoms. The van der Waals surface area contributed by atoms with E-state index in [1.54, 1.807) is 0 Å². The first-order valence-electron chi connectivity index (χ1n) is 19.3. The molecular formula is C54H34Si. The van der Waals surface area contributed by atoms with Crippen molar-refractivity contribution in [2.24, 2.45) is 0 Å². The summed E-state index contributed by atoms with van der Waals surface area (Å²) < 4.78 is 0. The van der Waals surface area contributed by atoms with Gasteiger partial charge in [-0.25, -0.2) is 0 Å². The van der Waals surface area contributed by atoms with Gasteiger partial charge >= 0.3 is 0 Å². The van der Waals surface area contributed by atoms with Crippen LogP contribution in [0.15, 0.2) is 206 Å². The van der Waals surface area contributed by atoms with E-state index < -0.39 is 8.07 Å². The molecule has 12 rings (SSSR count). The van der Waals surface area contributed by atoms with E-state index in [0.717, 1.165) is 0 Å². The molecule has 0 fully saturated rings. The average Bonchev–Trinajstić information content (AvgIpc) is 3.72. The van der Waals surface area contributed by atoms with Gasteiger partial charge in [0.1, 0.15) is 0 Å². The van der Waals surface area contributed by atoms with Gasteiger partial charge in [-0.05, 0) is 109 Å². The van der Waals surface area contributed by atoms with Crippen LogP contribution in [-0.4, -0.2) is 8.07 Å². The van der Waals surface area contributed by atoms with Crippen LogP contribution in [0.1, 0.15) is 0 Å². The quantitative estimate of drug-likeness (QED) is 0.126. The van der Waals surface area contributed by atoms with Crippen molar-refractivity contribution >= 4 is 61.1 Å².